The summed E-state index contributed by atoms with van der Waals surface area (Å²) in [5.74, 6) is 0. The monoisotopic (exact) mass is 427 g/mol. The molecule has 2 unspecified atom stereocenters. The van der Waals surface area contributed by atoms with Gasteiger partial charge in [0.15, 0.2) is 0 Å². The summed E-state index contributed by atoms with van der Waals surface area (Å²) in [6.45, 7) is 9.38. The Morgan fingerprint density at radius 1 is 0.800 bits per heavy atom. The maximum absolute atomic E-state index is 8.36. The lowest BCUT2D eigenvalue weighted by Crippen LogP contribution is -2.41. The predicted octanol–water partition coefficient (Wildman–Crippen LogP) is 5.64. The fraction of sp³-hybridized carbons (Fsp3) is 0.880. The molecule has 0 radical (unpaired) electrons. The lowest BCUT2D eigenvalue weighted by molar-refractivity contribution is -0.122. The second-order valence-electron chi connectivity index (χ2n) is 8.53. The van der Waals surface area contributed by atoms with Crippen LogP contribution in [0.2, 0.25) is 0 Å². The first-order valence-corrected chi connectivity index (χ1v) is 12.5. The van der Waals surface area contributed by atoms with Crippen molar-refractivity contribution in [1.29, 1.82) is 0 Å². The largest absolute Gasteiger partial charge is 0.483 e. The van der Waals surface area contributed by atoms with Gasteiger partial charge in [-0.3, -0.25) is 4.79 Å². The van der Waals surface area contributed by atoms with E-state index in [1.54, 1.807) is 0 Å². The SMILES string of the molecule is CCCCCCCC/C=C\CCCCCCCCNCC(C)NCC(C)N.O=CO. The Hall–Kier alpha value is -0.910. The first-order chi connectivity index (χ1) is 14.6. The van der Waals surface area contributed by atoms with Crippen molar-refractivity contribution in [2.75, 3.05) is 19.6 Å². The molecular weight excluding hydrogens is 374 g/mol. The third kappa shape index (κ3) is 31.8. The van der Waals surface area contributed by atoms with Crippen LogP contribution in [-0.4, -0.2) is 43.3 Å². The van der Waals surface area contributed by atoms with E-state index >= 15 is 0 Å². The molecular formula is C25H53N3O2. The molecule has 0 saturated heterocycles. The van der Waals surface area contributed by atoms with Crippen LogP contribution in [-0.2, 0) is 4.79 Å². The van der Waals surface area contributed by atoms with Crippen LogP contribution >= 0.6 is 0 Å². The van der Waals surface area contributed by atoms with Crippen LogP contribution in [0.5, 0.6) is 0 Å². The second-order valence-corrected chi connectivity index (χ2v) is 8.53. The molecule has 0 amide bonds. The number of carbonyl (C=O) groups is 1. The summed E-state index contributed by atoms with van der Waals surface area (Å²) in [6.07, 6.45) is 24.0. The van der Waals surface area contributed by atoms with E-state index < -0.39 is 0 Å². The van der Waals surface area contributed by atoms with Gasteiger partial charge in [-0.25, -0.2) is 0 Å². The van der Waals surface area contributed by atoms with Crippen LogP contribution < -0.4 is 16.4 Å². The Balaban J connectivity index is 0. The summed E-state index contributed by atoms with van der Waals surface area (Å²) in [5, 5.41) is 13.9. The fourth-order valence-corrected chi connectivity index (χ4v) is 3.28. The number of nitrogens with one attached hydrogen (secondary N) is 2. The normalized spacial score (nSPS) is 13.1. The van der Waals surface area contributed by atoms with E-state index in [1.165, 1.54) is 89.9 Å². The van der Waals surface area contributed by atoms with Crippen molar-refractivity contribution in [3.63, 3.8) is 0 Å². The highest BCUT2D eigenvalue weighted by Crippen LogP contribution is 2.09. The molecule has 5 heteroatoms. The van der Waals surface area contributed by atoms with Gasteiger partial charge in [0.1, 0.15) is 0 Å². The molecule has 0 aliphatic carbocycles. The first-order valence-electron chi connectivity index (χ1n) is 12.5. The van der Waals surface area contributed by atoms with Gasteiger partial charge >= 0.3 is 0 Å². The number of nitrogens with two attached hydrogens (primary N) is 1. The zero-order valence-electron chi connectivity index (χ0n) is 20.3. The van der Waals surface area contributed by atoms with E-state index in [0.717, 1.165) is 19.6 Å². The van der Waals surface area contributed by atoms with Crippen LogP contribution in [0.1, 0.15) is 111 Å². The van der Waals surface area contributed by atoms with Gasteiger partial charge in [0.25, 0.3) is 6.47 Å². The smallest absolute Gasteiger partial charge is 0.290 e. The standard InChI is InChI=1S/C24H51N3.CH2O2/c1-4-5-6-7-8-9-10-11-12-13-14-15-16-17-18-19-20-26-22-24(3)27-21-23(2)25;2-1-3/h11-12,23-24,26-27H,4-10,13-22,25H2,1-3H3;1H,(H,2,3)/b12-11-;. The lowest BCUT2D eigenvalue weighted by atomic mass is 10.1. The van der Waals surface area contributed by atoms with Crippen molar-refractivity contribution >= 4 is 6.47 Å². The Bertz CT molecular complexity index is 349. The molecule has 0 spiro atoms. The molecule has 0 aliphatic heterocycles. The number of hydrogen-bond donors (Lipinski definition) is 4. The van der Waals surface area contributed by atoms with Crippen molar-refractivity contribution in [2.24, 2.45) is 5.73 Å². The van der Waals surface area contributed by atoms with Gasteiger partial charge in [-0.15, -0.1) is 0 Å². The zero-order valence-corrected chi connectivity index (χ0v) is 20.3. The molecule has 0 bridgehead atoms. The zero-order chi connectivity index (χ0) is 22.7. The van der Waals surface area contributed by atoms with Crippen molar-refractivity contribution in [3.05, 3.63) is 12.2 Å². The van der Waals surface area contributed by atoms with Gasteiger partial charge in [-0.1, -0.05) is 76.9 Å². The van der Waals surface area contributed by atoms with Crippen LogP contribution in [0.3, 0.4) is 0 Å². The molecule has 5 N–H and O–H groups in total. The van der Waals surface area contributed by atoms with Crippen molar-refractivity contribution in [3.8, 4) is 0 Å². The molecule has 2 atom stereocenters. The molecule has 0 rings (SSSR count). The van der Waals surface area contributed by atoms with Crippen molar-refractivity contribution < 1.29 is 9.90 Å². The molecule has 5 nitrogen and oxygen atoms in total. The van der Waals surface area contributed by atoms with E-state index in [-0.39, 0.29) is 12.5 Å². The lowest BCUT2D eigenvalue weighted by Gasteiger charge is -2.16. The highest BCUT2D eigenvalue weighted by molar-refractivity contribution is 5.32. The third-order valence-corrected chi connectivity index (χ3v) is 5.10. The molecule has 0 aromatic heterocycles. The average molecular weight is 428 g/mol. The fourth-order valence-electron chi connectivity index (χ4n) is 3.28. The minimum absolute atomic E-state index is 0.239. The van der Waals surface area contributed by atoms with Crippen molar-refractivity contribution in [1.82, 2.24) is 10.6 Å². The van der Waals surface area contributed by atoms with Crippen LogP contribution in [0, 0.1) is 0 Å². The highest BCUT2D eigenvalue weighted by Gasteiger charge is 2.01. The van der Waals surface area contributed by atoms with Crippen LogP contribution in [0.25, 0.3) is 0 Å². The van der Waals surface area contributed by atoms with Gasteiger partial charge < -0.3 is 21.5 Å². The van der Waals surface area contributed by atoms with Crippen LogP contribution in [0.4, 0.5) is 0 Å². The summed E-state index contributed by atoms with van der Waals surface area (Å²) in [6, 6.07) is 0.744. The molecule has 180 valence electrons. The molecule has 0 aromatic carbocycles. The molecule has 0 aromatic rings. The number of hydrogen-bond acceptors (Lipinski definition) is 4. The quantitative estimate of drug-likeness (QED) is 0.108. The first kappa shape index (κ1) is 31.3. The van der Waals surface area contributed by atoms with Gasteiger partial charge in [0.05, 0.1) is 0 Å². The van der Waals surface area contributed by atoms with E-state index in [4.69, 9.17) is 15.6 Å². The summed E-state index contributed by atoms with van der Waals surface area (Å²) in [5.41, 5.74) is 5.75. The van der Waals surface area contributed by atoms with Crippen molar-refractivity contribution in [2.45, 2.75) is 123 Å². The van der Waals surface area contributed by atoms with Gasteiger partial charge in [0, 0.05) is 25.2 Å². The summed E-state index contributed by atoms with van der Waals surface area (Å²) in [7, 11) is 0. The molecule has 0 aliphatic rings. The topological polar surface area (TPSA) is 87.4 Å². The van der Waals surface area contributed by atoms with E-state index in [1.807, 2.05) is 6.92 Å². The third-order valence-electron chi connectivity index (χ3n) is 5.10. The Labute approximate surface area is 187 Å². The molecule has 0 saturated carbocycles. The van der Waals surface area contributed by atoms with Gasteiger partial charge in [0.2, 0.25) is 0 Å². The molecule has 0 fully saturated rings. The average Bonchev–Trinajstić information content (AvgIpc) is 2.72. The Morgan fingerprint density at radius 2 is 1.27 bits per heavy atom. The Kier molecular flexibility index (Phi) is 29.3. The number of rotatable bonds is 21. The van der Waals surface area contributed by atoms with Gasteiger partial charge in [-0.2, -0.15) is 0 Å². The second kappa shape index (κ2) is 28.1. The van der Waals surface area contributed by atoms with Crippen LogP contribution in [0.15, 0.2) is 12.2 Å². The highest BCUT2D eigenvalue weighted by atomic mass is 16.3. The number of carboxylic acid groups (broad SMARTS) is 1. The predicted molar refractivity (Wildman–Crippen MR) is 132 cm³/mol. The summed E-state index contributed by atoms with van der Waals surface area (Å²) < 4.78 is 0. The maximum Gasteiger partial charge on any atom is 0.290 e. The Morgan fingerprint density at radius 3 is 1.77 bits per heavy atom. The minimum Gasteiger partial charge on any atom is -0.483 e. The van der Waals surface area contributed by atoms with E-state index in [2.05, 4.69) is 36.6 Å². The summed E-state index contributed by atoms with van der Waals surface area (Å²) >= 11 is 0. The maximum atomic E-state index is 8.36. The van der Waals surface area contributed by atoms with Gasteiger partial charge in [-0.05, 0) is 52.5 Å². The minimum atomic E-state index is -0.250. The molecule has 0 heterocycles. The molecule has 30 heavy (non-hydrogen) atoms. The van der Waals surface area contributed by atoms with E-state index in [0.29, 0.717) is 6.04 Å². The number of unbranched alkanes of at least 4 members (excludes halogenated alkanes) is 12. The van der Waals surface area contributed by atoms with E-state index in [9.17, 15) is 0 Å². The number of allylic oxidation sites excluding steroid dienone is 2. The summed E-state index contributed by atoms with van der Waals surface area (Å²) in [4.78, 5) is 8.36.